The first-order valence-corrected chi connectivity index (χ1v) is 12.2. The van der Waals surface area contributed by atoms with E-state index in [9.17, 15) is 18.4 Å². The molecule has 0 saturated heterocycles. The van der Waals surface area contributed by atoms with Crippen LogP contribution < -0.4 is 10.9 Å². The fourth-order valence-corrected chi connectivity index (χ4v) is 4.06. The van der Waals surface area contributed by atoms with E-state index in [4.69, 9.17) is 4.74 Å². The number of carbonyl (C=O) groups excluding carboxylic acids is 1. The quantitative estimate of drug-likeness (QED) is 0.289. The lowest BCUT2D eigenvalue weighted by molar-refractivity contribution is -0.155. The van der Waals surface area contributed by atoms with Crippen LogP contribution in [-0.4, -0.2) is 21.1 Å². The molecule has 0 saturated carbocycles. The van der Waals surface area contributed by atoms with Crippen molar-refractivity contribution >= 4 is 11.7 Å². The van der Waals surface area contributed by atoms with Crippen LogP contribution in [0.15, 0.2) is 83.8 Å². The molecule has 0 aliphatic heterocycles. The van der Waals surface area contributed by atoms with Gasteiger partial charge in [0.05, 0.1) is 11.8 Å². The Morgan fingerprint density at radius 3 is 2.11 bits per heavy atom. The van der Waals surface area contributed by atoms with Gasteiger partial charge in [0.2, 0.25) is 0 Å². The zero-order valence-electron chi connectivity index (χ0n) is 21.7. The van der Waals surface area contributed by atoms with Crippen LogP contribution in [0.25, 0.3) is 22.5 Å². The van der Waals surface area contributed by atoms with Gasteiger partial charge in [0.25, 0.3) is 5.56 Å². The minimum Gasteiger partial charge on any atom is -0.459 e. The Bertz CT molecular complexity index is 1510. The fraction of sp³-hybridized carbons (Fsp3) is 0.233. The zero-order chi connectivity index (χ0) is 27.4. The molecule has 196 valence electrons. The number of carbonyl (C=O) groups is 1. The summed E-state index contributed by atoms with van der Waals surface area (Å²) in [5, 5.41) is 3.14. The van der Waals surface area contributed by atoms with Crippen LogP contribution in [0.3, 0.4) is 0 Å². The van der Waals surface area contributed by atoms with Crippen LogP contribution in [-0.2, 0) is 16.1 Å². The molecule has 0 bridgehead atoms. The molecule has 6 nitrogen and oxygen atoms in total. The van der Waals surface area contributed by atoms with E-state index < -0.39 is 29.5 Å². The van der Waals surface area contributed by atoms with E-state index in [2.05, 4.69) is 10.3 Å². The number of ether oxygens (including phenoxy) is 1. The molecule has 4 rings (SSSR count). The van der Waals surface area contributed by atoms with Crippen LogP contribution in [0.5, 0.6) is 0 Å². The minimum absolute atomic E-state index is 0.0198. The predicted octanol–water partition coefficient (Wildman–Crippen LogP) is 6.37. The number of hydrogen-bond donors (Lipinski definition) is 1. The van der Waals surface area contributed by atoms with Crippen molar-refractivity contribution in [2.24, 2.45) is 0 Å². The van der Waals surface area contributed by atoms with E-state index in [1.54, 1.807) is 45.0 Å². The molecule has 0 aliphatic carbocycles. The molecule has 1 N–H and O–H groups in total. The van der Waals surface area contributed by atoms with E-state index >= 15 is 0 Å². The summed E-state index contributed by atoms with van der Waals surface area (Å²) in [5.74, 6) is -1.50. The second-order valence-corrected chi connectivity index (χ2v) is 9.92. The Hall–Kier alpha value is -4.33. The van der Waals surface area contributed by atoms with Crippen molar-refractivity contribution in [3.05, 3.63) is 107 Å². The second kappa shape index (κ2) is 11.0. The van der Waals surface area contributed by atoms with Crippen molar-refractivity contribution in [3.8, 4) is 22.5 Å². The van der Waals surface area contributed by atoms with Gasteiger partial charge in [0.15, 0.2) is 0 Å². The zero-order valence-corrected chi connectivity index (χ0v) is 21.7. The van der Waals surface area contributed by atoms with Crippen molar-refractivity contribution in [1.29, 1.82) is 0 Å². The maximum absolute atomic E-state index is 14.6. The highest BCUT2D eigenvalue weighted by atomic mass is 19.1. The fourth-order valence-electron chi connectivity index (χ4n) is 4.06. The Morgan fingerprint density at radius 2 is 1.53 bits per heavy atom. The van der Waals surface area contributed by atoms with Crippen LogP contribution in [0, 0.1) is 11.6 Å². The van der Waals surface area contributed by atoms with E-state index in [1.165, 1.54) is 30.5 Å². The third-order valence-corrected chi connectivity index (χ3v) is 5.84. The molecule has 8 heteroatoms. The van der Waals surface area contributed by atoms with Gasteiger partial charge in [0, 0.05) is 11.6 Å². The summed E-state index contributed by atoms with van der Waals surface area (Å²) in [6, 6.07) is 19.4. The molecule has 1 aromatic heterocycles. The highest BCUT2D eigenvalue weighted by Crippen LogP contribution is 2.26. The number of aromatic nitrogens is 2. The highest BCUT2D eigenvalue weighted by Gasteiger charge is 2.22. The average molecular weight is 518 g/mol. The predicted molar refractivity (Wildman–Crippen MR) is 144 cm³/mol. The Kier molecular flexibility index (Phi) is 7.71. The number of halogens is 2. The van der Waals surface area contributed by atoms with Gasteiger partial charge >= 0.3 is 5.97 Å². The van der Waals surface area contributed by atoms with Gasteiger partial charge in [-0.15, -0.1) is 0 Å². The molecule has 0 aliphatic rings. The SMILES string of the molecule is C[C@@H](Nc1cnc(-c2ccccc2F)n(CC(=O)OC(C)(C)C)c1=O)c1ccc(-c2ccccc2F)cc1. The summed E-state index contributed by atoms with van der Waals surface area (Å²) >= 11 is 0. The first-order chi connectivity index (χ1) is 18.0. The molecular weight excluding hydrogens is 488 g/mol. The lowest BCUT2D eigenvalue weighted by Gasteiger charge is -2.21. The molecule has 0 unspecified atom stereocenters. The average Bonchev–Trinajstić information content (AvgIpc) is 2.86. The molecule has 1 heterocycles. The number of anilines is 1. The van der Waals surface area contributed by atoms with Gasteiger partial charge in [-0.1, -0.05) is 54.6 Å². The van der Waals surface area contributed by atoms with Crippen LogP contribution in [0.4, 0.5) is 14.5 Å². The molecule has 0 radical (unpaired) electrons. The number of benzene rings is 3. The lowest BCUT2D eigenvalue weighted by Crippen LogP contribution is -2.33. The van der Waals surface area contributed by atoms with Crippen molar-refractivity contribution in [1.82, 2.24) is 9.55 Å². The lowest BCUT2D eigenvalue weighted by atomic mass is 10.0. The van der Waals surface area contributed by atoms with Crippen molar-refractivity contribution in [3.63, 3.8) is 0 Å². The first kappa shape index (κ1) is 26.7. The molecule has 0 fully saturated rings. The summed E-state index contributed by atoms with van der Waals surface area (Å²) in [6.45, 7) is 6.59. The summed E-state index contributed by atoms with van der Waals surface area (Å²) in [4.78, 5) is 30.5. The van der Waals surface area contributed by atoms with Gasteiger partial charge in [-0.3, -0.25) is 14.2 Å². The number of rotatable bonds is 7. The third-order valence-electron chi connectivity index (χ3n) is 5.84. The molecular formula is C30H29F2N3O3. The van der Waals surface area contributed by atoms with E-state index in [1.807, 2.05) is 31.2 Å². The molecule has 1 atom stereocenters. The van der Waals surface area contributed by atoms with Gasteiger partial charge < -0.3 is 10.1 Å². The summed E-state index contributed by atoms with van der Waals surface area (Å²) in [6.07, 6.45) is 1.33. The highest BCUT2D eigenvalue weighted by molar-refractivity contribution is 5.71. The smallest absolute Gasteiger partial charge is 0.326 e. The second-order valence-electron chi connectivity index (χ2n) is 9.92. The van der Waals surface area contributed by atoms with Gasteiger partial charge in [-0.05, 0) is 57.0 Å². The monoisotopic (exact) mass is 517 g/mol. The number of nitrogens with one attached hydrogen (secondary N) is 1. The molecule has 0 spiro atoms. The normalized spacial score (nSPS) is 12.2. The molecule has 3 aromatic carbocycles. The maximum atomic E-state index is 14.6. The first-order valence-electron chi connectivity index (χ1n) is 12.2. The minimum atomic E-state index is -0.758. The van der Waals surface area contributed by atoms with Crippen molar-refractivity contribution in [2.45, 2.75) is 45.9 Å². The van der Waals surface area contributed by atoms with Gasteiger partial charge in [0.1, 0.15) is 35.3 Å². The van der Waals surface area contributed by atoms with Gasteiger partial charge in [-0.2, -0.15) is 0 Å². The van der Waals surface area contributed by atoms with Gasteiger partial charge in [-0.25, -0.2) is 13.8 Å². The van der Waals surface area contributed by atoms with Crippen molar-refractivity contribution < 1.29 is 18.3 Å². The molecule has 0 amide bonds. The third kappa shape index (κ3) is 6.14. The van der Waals surface area contributed by atoms with E-state index in [-0.39, 0.29) is 28.9 Å². The Morgan fingerprint density at radius 1 is 0.947 bits per heavy atom. The summed E-state index contributed by atoms with van der Waals surface area (Å²) < 4.78 is 35.3. The topological polar surface area (TPSA) is 73.2 Å². The summed E-state index contributed by atoms with van der Waals surface area (Å²) in [7, 11) is 0. The number of nitrogens with zero attached hydrogens (tertiary/aromatic N) is 2. The standard InChI is InChI=1S/C30H29F2N3O3/c1-19(20-13-15-21(16-14-20)22-9-5-7-11-24(22)31)34-26-17-33-28(23-10-6-8-12-25(23)32)35(29(26)37)18-27(36)38-30(2,3)4/h5-17,19,34H,18H2,1-4H3/t19-/m1/s1. The van der Waals surface area contributed by atoms with E-state index in [0.717, 1.165) is 15.7 Å². The van der Waals surface area contributed by atoms with Crippen LogP contribution in [0.2, 0.25) is 0 Å². The van der Waals surface area contributed by atoms with Crippen LogP contribution in [0.1, 0.15) is 39.3 Å². The largest absolute Gasteiger partial charge is 0.459 e. The number of esters is 1. The Labute approximate surface area is 219 Å². The number of hydrogen-bond acceptors (Lipinski definition) is 5. The maximum Gasteiger partial charge on any atom is 0.326 e. The Balaban J connectivity index is 1.65. The summed E-state index contributed by atoms with van der Waals surface area (Å²) in [5.41, 5.74) is 1.01. The van der Waals surface area contributed by atoms with Crippen molar-refractivity contribution in [2.75, 3.05) is 5.32 Å². The van der Waals surface area contributed by atoms with Crippen LogP contribution >= 0.6 is 0 Å². The molecule has 38 heavy (non-hydrogen) atoms. The molecule has 4 aromatic rings. The van der Waals surface area contributed by atoms with E-state index in [0.29, 0.717) is 5.56 Å².